The lowest BCUT2D eigenvalue weighted by molar-refractivity contribution is 0.0926. The van der Waals surface area contributed by atoms with E-state index in [-0.39, 0.29) is 11.3 Å². The molecule has 1 fully saturated rings. The van der Waals surface area contributed by atoms with E-state index in [1.165, 1.54) is 12.5 Å². The summed E-state index contributed by atoms with van der Waals surface area (Å²) in [6.45, 7) is 6.73. The maximum absolute atomic E-state index is 13.6. The van der Waals surface area contributed by atoms with Gasteiger partial charge in [0.15, 0.2) is 5.78 Å². The van der Waals surface area contributed by atoms with Crippen LogP contribution in [0.5, 0.6) is 0 Å². The summed E-state index contributed by atoms with van der Waals surface area (Å²) in [5.41, 5.74) is 0.571. The van der Waals surface area contributed by atoms with Crippen LogP contribution in [0.4, 0.5) is 4.39 Å². The number of benzene rings is 1. The van der Waals surface area contributed by atoms with Gasteiger partial charge in [0.2, 0.25) is 0 Å². The molecule has 0 N–H and O–H groups in total. The number of carbonyl (C=O) groups excluding carboxylic acids is 1. The minimum Gasteiger partial charge on any atom is -0.296 e. The lowest BCUT2D eigenvalue weighted by Gasteiger charge is -2.22. The molecule has 0 saturated carbocycles. The fourth-order valence-corrected chi connectivity index (χ4v) is 2.61. The molecule has 1 aliphatic heterocycles. The van der Waals surface area contributed by atoms with E-state index in [0.29, 0.717) is 12.0 Å². The van der Waals surface area contributed by atoms with E-state index in [4.69, 9.17) is 0 Å². The Kier molecular flexibility index (Phi) is 4.35. The monoisotopic (exact) mass is 263 g/mol. The third-order valence-electron chi connectivity index (χ3n) is 3.97. The SMILES string of the molecule is CC1(C)CCCN(CC(=O)c2ccccc2F)CC1. The van der Waals surface area contributed by atoms with Gasteiger partial charge in [0.05, 0.1) is 12.1 Å². The molecule has 1 aliphatic rings. The van der Waals surface area contributed by atoms with Crippen LogP contribution in [-0.2, 0) is 0 Å². The molecule has 0 amide bonds. The number of halogens is 1. The molecule has 1 aromatic carbocycles. The highest BCUT2D eigenvalue weighted by atomic mass is 19.1. The Bertz CT molecular complexity index is 456. The average Bonchev–Trinajstić information content (AvgIpc) is 2.51. The van der Waals surface area contributed by atoms with E-state index in [0.717, 1.165) is 25.9 Å². The maximum atomic E-state index is 13.6. The Hall–Kier alpha value is -1.22. The van der Waals surface area contributed by atoms with Gasteiger partial charge in [-0.3, -0.25) is 9.69 Å². The third-order valence-corrected chi connectivity index (χ3v) is 3.97. The number of hydrogen-bond acceptors (Lipinski definition) is 2. The number of hydrogen-bond donors (Lipinski definition) is 0. The summed E-state index contributed by atoms with van der Waals surface area (Å²) in [6.07, 6.45) is 3.40. The third kappa shape index (κ3) is 3.87. The average molecular weight is 263 g/mol. The molecule has 1 aromatic rings. The second-order valence-corrected chi connectivity index (χ2v) is 6.20. The molecular weight excluding hydrogens is 241 g/mol. The highest BCUT2D eigenvalue weighted by Gasteiger charge is 2.24. The molecule has 19 heavy (non-hydrogen) atoms. The molecule has 0 radical (unpaired) electrons. The number of nitrogens with zero attached hydrogens (tertiary/aromatic N) is 1. The van der Waals surface area contributed by atoms with Crippen molar-refractivity contribution in [1.29, 1.82) is 0 Å². The van der Waals surface area contributed by atoms with E-state index < -0.39 is 5.82 Å². The summed E-state index contributed by atoms with van der Waals surface area (Å²) < 4.78 is 13.6. The summed E-state index contributed by atoms with van der Waals surface area (Å²) in [5.74, 6) is -0.527. The molecule has 3 heteroatoms. The summed E-state index contributed by atoms with van der Waals surface area (Å²) >= 11 is 0. The maximum Gasteiger partial charge on any atom is 0.179 e. The van der Waals surface area contributed by atoms with Crippen LogP contribution in [0.15, 0.2) is 24.3 Å². The van der Waals surface area contributed by atoms with Crippen molar-refractivity contribution in [3.63, 3.8) is 0 Å². The van der Waals surface area contributed by atoms with Crippen molar-refractivity contribution in [1.82, 2.24) is 4.90 Å². The molecule has 104 valence electrons. The van der Waals surface area contributed by atoms with Crippen LogP contribution in [0.3, 0.4) is 0 Å². The molecule has 2 nitrogen and oxygen atoms in total. The summed E-state index contributed by atoms with van der Waals surface area (Å²) in [7, 11) is 0. The first-order valence-electron chi connectivity index (χ1n) is 6.98. The van der Waals surface area contributed by atoms with Crippen molar-refractivity contribution in [3.05, 3.63) is 35.6 Å². The zero-order valence-electron chi connectivity index (χ0n) is 11.8. The number of rotatable bonds is 3. The van der Waals surface area contributed by atoms with Crippen LogP contribution < -0.4 is 0 Å². The fraction of sp³-hybridized carbons (Fsp3) is 0.562. The molecule has 0 atom stereocenters. The number of ketones is 1. The molecule has 0 unspecified atom stereocenters. The Labute approximate surface area is 114 Å². The lowest BCUT2D eigenvalue weighted by Crippen LogP contribution is -2.31. The van der Waals surface area contributed by atoms with Crippen LogP contribution in [-0.4, -0.2) is 30.3 Å². The zero-order valence-corrected chi connectivity index (χ0v) is 11.8. The number of carbonyl (C=O) groups is 1. The van der Waals surface area contributed by atoms with Crippen LogP contribution in [0, 0.1) is 11.2 Å². The fourth-order valence-electron chi connectivity index (χ4n) is 2.61. The zero-order chi connectivity index (χ0) is 13.9. The van der Waals surface area contributed by atoms with Crippen molar-refractivity contribution in [3.8, 4) is 0 Å². The predicted octanol–water partition coefficient (Wildman–Crippen LogP) is 3.52. The highest BCUT2D eigenvalue weighted by molar-refractivity contribution is 5.97. The van der Waals surface area contributed by atoms with Gasteiger partial charge >= 0.3 is 0 Å². The van der Waals surface area contributed by atoms with Gasteiger partial charge in [-0.15, -0.1) is 0 Å². The van der Waals surface area contributed by atoms with E-state index >= 15 is 0 Å². The van der Waals surface area contributed by atoms with Crippen LogP contribution in [0.25, 0.3) is 0 Å². The smallest absolute Gasteiger partial charge is 0.179 e. The second kappa shape index (κ2) is 5.83. The van der Waals surface area contributed by atoms with Gasteiger partial charge < -0.3 is 0 Å². The van der Waals surface area contributed by atoms with Crippen molar-refractivity contribution >= 4 is 5.78 Å². The van der Waals surface area contributed by atoms with Gasteiger partial charge in [0.25, 0.3) is 0 Å². The number of likely N-dealkylation sites (tertiary alicyclic amines) is 1. The summed E-state index contributed by atoms with van der Waals surface area (Å²) in [6, 6.07) is 6.24. The van der Waals surface area contributed by atoms with E-state index in [1.54, 1.807) is 18.2 Å². The van der Waals surface area contributed by atoms with Gasteiger partial charge in [0, 0.05) is 0 Å². The van der Waals surface area contributed by atoms with Crippen LogP contribution in [0.1, 0.15) is 43.5 Å². The van der Waals surface area contributed by atoms with Crippen molar-refractivity contribution in [2.75, 3.05) is 19.6 Å². The number of Topliss-reactive ketones (excluding diaryl/α,β-unsaturated/α-hetero) is 1. The largest absolute Gasteiger partial charge is 0.296 e. The topological polar surface area (TPSA) is 20.3 Å². The molecule has 1 saturated heterocycles. The molecule has 0 aromatic heterocycles. The predicted molar refractivity (Wildman–Crippen MR) is 74.8 cm³/mol. The van der Waals surface area contributed by atoms with Crippen molar-refractivity contribution < 1.29 is 9.18 Å². The van der Waals surface area contributed by atoms with Crippen molar-refractivity contribution in [2.24, 2.45) is 5.41 Å². The Morgan fingerprint density at radius 3 is 2.74 bits per heavy atom. The second-order valence-electron chi connectivity index (χ2n) is 6.20. The standard InChI is InChI=1S/C16H22FNO/c1-16(2)8-5-10-18(11-9-16)12-15(19)13-6-3-4-7-14(13)17/h3-4,6-7H,5,8-12H2,1-2H3. The lowest BCUT2D eigenvalue weighted by atomic mass is 9.85. The highest BCUT2D eigenvalue weighted by Crippen LogP contribution is 2.29. The van der Waals surface area contributed by atoms with Gasteiger partial charge in [-0.05, 0) is 49.9 Å². The molecule has 1 heterocycles. The van der Waals surface area contributed by atoms with Gasteiger partial charge in [-0.1, -0.05) is 26.0 Å². The molecule has 2 rings (SSSR count). The first-order valence-corrected chi connectivity index (χ1v) is 6.98. The molecule has 0 spiro atoms. The summed E-state index contributed by atoms with van der Waals surface area (Å²) in [4.78, 5) is 14.3. The Morgan fingerprint density at radius 1 is 1.26 bits per heavy atom. The first kappa shape index (κ1) is 14.2. The minimum atomic E-state index is -0.414. The van der Waals surface area contributed by atoms with Crippen LogP contribution >= 0.6 is 0 Å². The quantitative estimate of drug-likeness (QED) is 0.778. The van der Waals surface area contributed by atoms with Gasteiger partial charge in [0.1, 0.15) is 5.82 Å². The summed E-state index contributed by atoms with van der Waals surface area (Å²) in [5, 5.41) is 0. The van der Waals surface area contributed by atoms with Gasteiger partial charge in [-0.2, -0.15) is 0 Å². The van der Waals surface area contributed by atoms with E-state index in [2.05, 4.69) is 18.7 Å². The Morgan fingerprint density at radius 2 is 2.00 bits per heavy atom. The first-order chi connectivity index (χ1) is 8.98. The van der Waals surface area contributed by atoms with E-state index in [9.17, 15) is 9.18 Å². The molecule has 0 aliphatic carbocycles. The minimum absolute atomic E-state index is 0.113. The molecular formula is C16H22FNO. The molecule has 0 bridgehead atoms. The Balaban J connectivity index is 1.98. The van der Waals surface area contributed by atoms with Gasteiger partial charge in [-0.25, -0.2) is 4.39 Å². The van der Waals surface area contributed by atoms with Crippen molar-refractivity contribution in [2.45, 2.75) is 33.1 Å². The van der Waals surface area contributed by atoms with E-state index in [1.807, 2.05) is 0 Å². The normalized spacial score (nSPS) is 19.9. The van der Waals surface area contributed by atoms with Crippen LogP contribution in [0.2, 0.25) is 0 Å².